The summed E-state index contributed by atoms with van der Waals surface area (Å²) in [5.74, 6) is -2.40. The first-order chi connectivity index (χ1) is 12.2. The number of carbonyl (C=O) groups is 2. The topological polar surface area (TPSA) is 78.4 Å². The molecule has 136 valence electrons. The first-order valence-corrected chi connectivity index (χ1v) is 7.31. The Morgan fingerprint density at radius 2 is 1.46 bits per heavy atom. The summed E-state index contributed by atoms with van der Waals surface area (Å²) < 4.78 is 60.5. The van der Waals surface area contributed by atoms with Crippen LogP contribution in [0.15, 0.2) is 36.7 Å². The predicted molar refractivity (Wildman–Crippen MR) is 77.5 cm³/mol. The molecule has 0 amide bonds. The van der Waals surface area contributed by atoms with Gasteiger partial charge >= 0.3 is 12.2 Å². The number of hydrogen-bond donors (Lipinski definition) is 0. The smallest absolute Gasteiger partial charge is 0.421 e. The van der Waals surface area contributed by atoms with Crippen molar-refractivity contribution in [1.29, 1.82) is 0 Å². The van der Waals surface area contributed by atoms with Gasteiger partial charge in [0.25, 0.3) is 0 Å². The van der Waals surface area contributed by atoms with Gasteiger partial charge in [0, 0.05) is 30.8 Å². The van der Waals surface area contributed by atoms with E-state index < -0.39 is 35.3 Å². The van der Waals surface area contributed by atoms with E-state index in [9.17, 15) is 27.2 Å². The lowest BCUT2D eigenvalue weighted by molar-refractivity contribution is -0.391. The highest BCUT2D eigenvalue weighted by molar-refractivity contribution is 6.01. The third-order valence-electron chi connectivity index (χ3n) is 3.48. The maximum absolute atomic E-state index is 13.2. The van der Waals surface area contributed by atoms with Gasteiger partial charge in [-0.3, -0.25) is 9.59 Å². The van der Waals surface area contributed by atoms with Crippen molar-refractivity contribution in [3.05, 3.63) is 48.0 Å². The molecule has 0 saturated carbocycles. The summed E-state index contributed by atoms with van der Waals surface area (Å²) >= 11 is 0. The van der Waals surface area contributed by atoms with Gasteiger partial charge in [-0.15, -0.1) is 0 Å². The van der Waals surface area contributed by atoms with Gasteiger partial charge in [-0.25, -0.2) is 9.97 Å². The molecule has 6 nitrogen and oxygen atoms in total. The molecule has 26 heavy (non-hydrogen) atoms. The van der Waals surface area contributed by atoms with Crippen LogP contribution >= 0.6 is 0 Å². The molecule has 1 aromatic carbocycles. The van der Waals surface area contributed by atoms with E-state index >= 15 is 0 Å². The standard InChI is InChI=1S/C16H10F4N2O4/c17-15(18)16(19,20)26-13-8-9(2-5-12(13)25-15)10(23)3-4-11(24)14-21-6-1-7-22-14/h1-2,5-8H,3-4H2. The van der Waals surface area contributed by atoms with Crippen LogP contribution in [0.2, 0.25) is 0 Å². The van der Waals surface area contributed by atoms with E-state index in [-0.39, 0.29) is 24.2 Å². The fraction of sp³-hybridized carbons (Fsp3) is 0.250. The lowest BCUT2D eigenvalue weighted by Crippen LogP contribution is -2.52. The van der Waals surface area contributed by atoms with Gasteiger partial charge in [0.1, 0.15) is 0 Å². The van der Waals surface area contributed by atoms with Crippen molar-refractivity contribution in [1.82, 2.24) is 9.97 Å². The van der Waals surface area contributed by atoms with E-state index in [2.05, 4.69) is 19.4 Å². The zero-order chi connectivity index (χ0) is 18.9. The van der Waals surface area contributed by atoms with Gasteiger partial charge in [-0.1, -0.05) is 0 Å². The summed E-state index contributed by atoms with van der Waals surface area (Å²) in [6, 6.07) is 4.43. The summed E-state index contributed by atoms with van der Waals surface area (Å²) in [5.41, 5.74) is -0.0878. The van der Waals surface area contributed by atoms with Gasteiger partial charge in [0.15, 0.2) is 28.9 Å². The highest BCUT2D eigenvalue weighted by atomic mass is 19.3. The van der Waals surface area contributed by atoms with Crippen LogP contribution in [0.3, 0.4) is 0 Å². The average Bonchev–Trinajstić information content (AvgIpc) is 2.60. The first-order valence-electron chi connectivity index (χ1n) is 7.31. The number of ketones is 2. The maximum Gasteiger partial charge on any atom is 0.507 e. The number of fused-ring (bicyclic) bond motifs is 1. The Bertz CT molecular complexity index is 859. The third-order valence-corrected chi connectivity index (χ3v) is 3.48. The van der Waals surface area contributed by atoms with Gasteiger partial charge < -0.3 is 9.47 Å². The maximum atomic E-state index is 13.2. The summed E-state index contributed by atoms with van der Waals surface area (Å²) in [5, 5.41) is 0. The van der Waals surface area contributed by atoms with Crippen molar-refractivity contribution < 1.29 is 36.6 Å². The molecule has 1 aliphatic rings. The average molecular weight is 370 g/mol. The van der Waals surface area contributed by atoms with Crippen molar-refractivity contribution in [2.75, 3.05) is 0 Å². The molecular weight excluding hydrogens is 360 g/mol. The SMILES string of the molecule is O=C(CCC(=O)c1ncccn1)c1ccc2c(c1)OC(F)(F)C(F)(F)O2. The van der Waals surface area contributed by atoms with Crippen molar-refractivity contribution in [3.8, 4) is 11.5 Å². The van der Waals surface area contributed by atoms with Gasteiger partial charge in [0.05, 0.1) is 0 Å². The Balaban J connectivity index is 1.71. The molecule has 0 bridgehead atoms. The molecule has 2 aromatic rings. The van der Waals surface area contributed by atoms with Crippen molar-refractivity contribution in [3.63, 3.8) is 0 Å². The number of Topliss-reactive ketones (excluding diaryl/α,β-unsaturated/α-hetero) is 2. The monoisotopic (exact) mass is 370 g/mol. The van der Waals surface area contributed by atoms with Gasteiger partial charge in [0.2, 0.25) is 0 Å². The number of nitrogens with zero attached hydrogens (tertiary/aromatic N) is 2. The normalized spacial score (nSPS) is 16.8. The number of benzene rings is 1. The third kappa shape index (κ3) is 3.35. The number of hydrogen-bond acceptors (Lipinski definition) is 6. The van der Waals surface area contributed by atoms with Crippen molar-refractivity contribution >= 4 is 11.6 Å². The number of alkyl halides is 4. The van der Waals surface area contributed by atoms with Crippen LogP contribution in [-0.2, 0) is 0 Å². The van der Waals surface area contributed by atoms with E-state index in [0.717, 1.165) is 18.2 Å². The van der Waals surface area contributed by atoms with Gasteiger partial charge in [-0.05, 0) is 24.3 Å². The second-order valence-electron chi connectivity index (χ2n) is 5.32. The highest BCUT2D eigenvalue weighted by Crippen LogP contribution is 2.47. The van der Waals surface area contributed by atoms with E-state index in [1.165, 1.54) is 18.5 Å². The zero-order valence-corrected chi connectivity index (χ0v) is 12.9. The molecular formula is C16H10F4N2O4. The molecule has 1 aliphatic heterocycles. The Kier molecular flexibility index (Phi) is 4.34. The summed E-state index contributed by atoms with van der Waals surface area (Å²) in [6.07, 6.45) is -7.40. The number of ether oxygens (including phenoxy) is 2. The molecule has 0 unspecified atom stereocenters. The minimum absolute atomic E-state index is 0.0515. The van der Waals surface area contributed by atoms with Crippen molar-refractivity contribution in [2.24, 2.45) is 0 Å². The molecule has 0 saturated heterocycles. The largest absolute Gasteiger partial charge is 0.507 e. The Labute approximate surface area is 143 Å². The van der Waals surface area contributed by atoms with Crippen LogP contribution in [-0.4, -0.2) is 33.8 Å². The molecule has 0 fully saturated rings. The highest BCUT2D eigenvalue weighted by Gasteiger charge is 2.65. The summed E-state index contributed by atoms with van der Waals surface area (Å²) in [7, 11) is 0. The molecule has 10 heteroatoms. The molecule has 0 radical (unpaired) electrons. The molecule has 0 N–H and O–H groups in total. The molecule has 0 atom stereocenters. The van der Waals surface area contributed by atoms with Crippen LogP contribution in [0.25, 0.3) is 0 Å². The minimum Gasteiger partial charge on any atom is -0.421 e. The van der Waals surface area contributed by atoms with E-state index in [4.69, 9.17) is 0 Å². The summed E-state index contributed by atoms with van der Waals surface area (Å²) in [4.78, 5) is 31.5. The fourth-order valence-corrected chi connectivity index (χ4v) is 2.17. The molecule has 1 aromatic heterocycles. The van der Waals surface area contributed by atoms with Crippen LogP contribution in [0.1, 0.15) is 33.8 Å². The lowest BCUT2D eigenvalue weighted by Gasteiger charge is -2.31. The predicted octanol–water partition coefficient (Wildman–Crippen LogP) is 3.28. The Hall–Kier alpha value is -3.04. The number of aromatic nitrogens is 2. The minimum atomic E-state index is -4.87. The van der Waals surface area contributed by atoms with Gasteiger partial charge in [-0.2, -0.15) is 17.6 Å². The second kappa shape index (κ2) is 6.36. The lowest BCUT2D eigenvalue weighted by atomic mass is 10.0. The van der Waals surface area contributed by atoms with Crippen LogP contribution < -0.4 is 9.47 Å². The van der Waals surface area contributed by atoms with Crippen molar-refractivity contribution in [2.45, 2.75) is 25.1 Å². The number of rotatable bonds is 5. The first kappa shape index (κ1) is 17.8. The van der Waals surface area contributed by atoms with E-state index in [1.807, 2.05) is 0 Å². The van der Waals surface area contributed by atoms with E-state index in [0.29, 0.717) is 0 Å². The van der Waals surface area contributed by atoms with E-state index in [1.54, 1.807) is 0 Å². The van der Waals surface area contributed by atoms with Crippen LogP contribution in [0.4, 0.5) is 17.6 Å². The quantitative estimate of drug-likeness (QED) is 0.594. The molecule has 0 spiro atoms. The second-order valence-corrected chi connectivity index (χ2v) is 5.32. The Morgan fingerprint density at radius 3 is 2.12 bits per heavy atom. The molecule has 0 aliphatic carbocycles. The Morgan fingerprint density at radius 1 is 0.885 bits per heavy atom. The molecule has 2 heterocycles. The van der Waals surface area contributed by atoms with Crippen LogP contribution in [0.5, 0.6) is 11.5 Å². The summed E-state index contributed by atoms with van der Waals surface area (Å²) in [6.45, 7) is 0. The number of carbonyl (C=O) groups excluding carboxylic acids is 2. The molecule has 3 rings (SSSR count). The van der Waals surface area contributed by atoms with Crippen LogP contribution in [0, 0.1) is 0 Å². The zero-order valence-electron chi connectivity index (χ0n) is 12.9. The fourth-order valence-electron chi connectivity index (χ4n) is 2.17. The number of halogens is 4.